The largest absolute Gasteiger partial charge is 0.256 e. The molecule has 1 nitrogen and oxygen atoms in total. The van der Waals surface area contributed by atoms with Crippen molar-refractivity contribution in [3.63, 3.8) is 0 Å². The second kappa shape index (κ2) is 4.33. The molecule has 2 aromatic rings. The molecule has 0 saturated heterocycles. The number of nitrogens with zero attached hydrogens (tertiary/aromatic N) is 1. The number of aryl methyl sites for hydroxylation is 2. The molecule has 1 aromatic carbocycles. The molecule has 0 spiro atoms. The third-order valence-corrected chi connectivity index (χ3v) is 3.44. The summed E-state index contributed by atoms with van der Waals surface area (Å²) in [5.41, 5.74) is 6.46. The van der Waals surface area contributed by atoms with Gasteiger partial charge in [0.15, 0.2) is 0 Å². The van der Waals surface area contributed by atoms with Gasteiger partial charge in [0.1, 0.15) is 0 Å². The third kappa shape index (κ3) is 1.97. The minimum Gasteiger partial charge on any atom is -0.256 e. The van der Waals surface area contributed by atoms with Crippen molar-refractivity contribution in [1.29, 1.82) is 0 Å². The molecule has 3 rings (SSSR count). The minimum absolute atomic E-state index is 1.11. The van der Waals surface area contributed by atoms with Crippen molar-refractivity contribution >= 4 is 0 Å². The van der Waals surface area contributed by atoms with Gasteiger partial charge in [-0.1, -0.05) is 18.2 Å². The quantitative estimate of drug-likeness (QED) is 0.712. The van der Waals surface area contributed by atoms with Crippen LogP contribution < -0.4 is 0 Å². The lowest BCUT2D eigenvalue weighted by molar-refractivity contribution is 0.775. The van der Waals surface area contributed by atoms with E-state index in [-0.39, 0.29) is 0 Å². The smallest absolute Gasteiger partial charge is 0.0731 e. The van der Waals surface area contributed by atoms with Gasteiger partial charge < -0.3 is 0 Å². The molecule has 0 saturated carbocycles. The Morgan fingerprint density at radius 1 is 1.18 bits per heavy atom. The maximum atomic E-state index is 4.48. The van der Waals surface area contributed by atoms with Gasteiger partial charge in [-0.05, 0) is 61.4 Å². The molecule has 17 heavy (non-hydrogen) atoms. The molecule has 0 aliphatic heterocycles. The van der Waals surface area contributed by atoms with Gasteiger partial charge in [0.2, 0.25) is 0 Å². The van der Waals surface area contributed by atoms with Crippen LogP contribution in [0.2, 0.25) is 0 Å². The zero-order valence-electron chi connectivity index (χ0n) is 10.1. The average molecular weight is 222 g/mol. The highest BCUT2D eigenvalue weighted by atomic mass is 14.7. The van der Waals surface area contributed by atoms with E-state index in [1.165, 1.54) is 41.5 Å². The fraction of sp³-hybridized carbons (Fsp3) is 0.250. The summed E-state index contributed by atoms with van der Waals surface area (Å²) in [5, 5.41) is 0. The highest BCUT2D eigenvalue weighted by Gasteiger charge is 2.11. The number of hydrogen-bond donors (Lipinski definition) is 0. The van der Waals surface area contributed by atoms with E-state index in [0.717, 1.165) is 5.69 Å². The van der Waals surface area contributed by atoms with Crippen LogP contribution in [0.3, 0.4) is 0 Å². The molecule has 1 heteroatoms. The first-order chi connectivity index (χ1) is 8.34. The standard InChI is InChI=1S/C16H16N/c1-12-5-4-10-17-16(12)15-9-8-13-6-2-3-7-14(13)11-15/h4-5,7-11H,2-3,6H2,1H3. The summed E-state index contributed by atoms with van der Waals surface area (Å²) in [6, 6.07) is 10.8. The van der Waals surface area contributed by atoms with Gasteiger partial charge in [0.25, 0.3) is 0 Å². The average Bonchev–Trinajstić information content (AvgIpc) is 2.39. The predicted molar refractivity (Wildman–Crippen MR) is 70.8 cm³/mol. The van der Waals surface area contributed by atoms with Crippen molar-refractivity contribution in [1.82, 2.24) is 4.98 Å². The molecule has 0 bridgehead atoms. The fourth-order valence-corrected chi connectivity index (χ4v) is 2.50. The SMILES string of the molecule is Cc1cccnc1-c1ccc2c(c1)[CH]CCC2. The van der Waals surface area contributed by atoms with E-state index in [9.17, 15) is 0 Å². The summed E-state index contributed by atoms with van der Waals surface area (Å²) in [6.07, 6.45) is 7.92. The fourth-order valence-electron chi connectivity index (χ4n) is 2.50. The Hall–Kier alpha value is -1.63. The molecule has 1 aliphatic carbocycles. The van der Waals surface area contributed by atoms with Crippen LogP contribution in [0.5, 0.6) is 0 Å². The van der Waals surface area contributed by atoms with E-state index < -0.39 is 0 Å². The maximum absolute atomic E-state index is 4.48. The van der Waals surface area contributed by atoms with Crippen molar-refractivity contribution in [3.05, 3.63) is 59.6 Å². The molecule has 0 amide bonds. The highest BCUT2D eigenvalue weighted by molar-refractivity contribution is 5.65. The first-order valence-corrected chi connectivity index (χ1v) is 6.23. The van der Waals surface area contributed by atoms with Crippen molar-refractivity contribution in [3.8, 4) is 11.3 Å². The molecule has 1 radical (unpaired) electrons. The molecule has 0 unspecified atom stereocenters. The minimum atomic E-state index is 1.11. The molecule has 1 aliphatic rings. The zero-order valence-corrected chi connectivity index (χ0v) is 10.1. The summed E-state index contributed by atoms with van der Waals surface area (Å²) in [6.45, 7) is 2.12. The number of hydrogen-bond acceptors (Lipinski definition) is 1. The summed E-state index contributed by atoms with van der Waals surface area (Å²) in [5.74, 6) is 0. The van der Waals surface area contributed by atoms with E-state index in [1.54, 1.807) is 0 Å². The molecular weight excluding hydrogens is 206 g/mol. The summed E-state index contributed by atoms with van der Waals surface area (Å²) in [4.78, 5) is 4.48. The predicted octanol–water partition coefficient (Wildman–Crippen LogP) is 3.95. The molecule has 1 aromatic heterocycles. The Labute approximate surface area is 103 Å². The molecule has 0 N–H and O–H groups in total. The van der Waals surface area contributed by atoms with Crippen LogP contribution in [-0.2, 0) is 6.42 Å². The van der Waals surface area contributed by atoms with E-state index in [2.05, 4.69) is 42.6 Å². The third-order valence-electron chi connectivity index (χ3n) is 3.44. The highest BCUT2D eigenvalue weighted by Crippen LogP contribution is 2.28. The number of benzene rings is 1. The van der Waals surface area contributed by atoms with Gasteiger partial charge in [-0.3, -0.25) is 4.98 Å². The molecular formula is C16H16N. The lowest BCUT2D eigenvalue weighted by Gasteiger charge is -2.16. The van der Waals surface area contributed by atoms with Crippen LogP contribution in [0.25, 0.3) is 11.3 Å². The number of rotatable bonds is 1. The van der Waals surface area contributed by atoms with Crippen LogP contribution in [0, 0.1) is 13.3 Å². The van der Waals surface area contributed by atoms with Gasteiger partial charge in [-0.15, -0.1) is 0 Å². The second-order valence-electron chi connectivity index (χ2n) is 4.68. The van der Waals surface area contributed by atoms with E-state index >= 15 is 0 Å². The maximum Gasteiger partial charge on any atom is 0.0731 e. The van der Waals surface area contributed by atoms with Crippen LogP contribution in [-0.4, -0.2) is 4.98 Å². The van der Waals surface area contributed by atoms with Crippen molar-refractivity contribution in [2.75, 3.05) is 0 Å². The monoisotopic (exact) mass is 222 g/mol. The van der Waals surface area contributed by atoms with Gasteiger partial charge in [0.05, 0.1) is 5.69 Å². The van der Waals surface area contributed by atoms with Gasteiger partial charge in [-0.25, -0.2) is 0 Å². The summed E-state index contributed by atoms with van der Waals surface area (Å²) in [7, 11) is 0. The van der Waals surface area contributed by atoms with E-state index in [0.29, 0.717) is 0 Å². The number of aromatic nitrogens is 1. The van der Waals surface area contributed by atoms with Crippen molar-refractivity contribution in [2.24, 2.45) is 0 Å². The topological polar surface area (TPSA) is 12.9 Å². The zero-order chi connectivity index (χ0) is 11.7. The number of pyridine rings is 1. The van der Waals surface area contributed by atoms with Crippen molar-refractivity contribution in [2.45, 2.75) is 26.2 Å². The van der Waals surface area contributed by atoms with Gasteiger partial charge in [0, 0.05) is 11.8 Å². The number of fused-ring (bicyclic) bond motifs is 1. The van der Waals surface area contributed by atoms with Crippen LogP contribution in [0.4, 0.5) is 0 Å². The molecule has 1 heterocycles. The first-order valence-electron chi connectivity index (χ1n) is 6.23. The summed E-state index contributed by atoms with van der Waals surface area (Å²) < 4.78 is 0. The van der Waals surface area contributed by atoms with Gasteiger partial charge in [-0.2, -0.15) is 0 Å². The first kappa shape index (κ1) is 10.5. The Kier molecular flexibility index (Phi) is 2.68. The second-order valence-corrected chi connectivity index (χ2v) is 4.68. The molecule has 0 atom stereocenters. The Balaban J connectivity index is 2.07. The molecule has 85 valence electrons. The molecule has 0 fully saturated rings. The Bertz CT molecular complexity index is 543. The van der Waals surface area contributed by atoms with Crippen LogP contribution in [0.1, 0.15) is 29.5 Å². The Morgan fingerprint density at radius 2 is 2.12 bits per heavy atom. The lowest BCUT2D eigenvalue weighted by Crippen LogP contribution is -2.01. The van der Waals surface area contributed by atoms with Gasteiger partial charge >= 0.3 is 0 Å². The van der Waals surface area contributed by atoms with Crippen molar-refractivity contribution < 1.29 is 0 Å². The Morgan fingerprint density at radius 3 is 3.00 bits per heavy atom. The van der Waals surface area contributed by atoms with Crippen LogP contribution >= 0.6 is 0 Å². The van der Waals surface area contributed by atoms with E-state index in [4.69, 9.17) is 0 Å². The van der Waals surface area contributed by atoms with Crippen LogP contribution in [0.15, 0.2) is 36.5 Å². The summed E-state index contributed by atoms with van der Waals surface area (Å²) >= 11 is 0. The normalized spacial score (nSPS) is 14.4. The lowest BCUT2D eigenvalue weighted by atomic mass is 9.89. The van der Waals surface area contributed by atoms with E-state index in [1.807, 2.05) is 12.3 Å².